The van der Waals surface area contributed by atoms with Gasteiger partial charge in [0.2, 0.25) is 0 Å². The summed E-state index contributed by atoms with van der Waals surface area (Å²) < 4.78 is 11.2. The fraction of sp³-hybridized carbons (Fsp3) is 1.00. The predicted octanol–water partition coefficient (Wildman–Crippen LogP) is 1.23. The van der Waals surface area contributed by atoms with Gasteiger partial charge < -0.3 is 8.85 Å². The SMILES string of the molecule is CCNC(N)O[Si](C)(CC(C)C)OC. The first kappa shape index (κ1) is 14.1. The third-order valence-electron chi connectivity index (χ3n) is 1.99. The highest BCUT2D eigenvalue weighted by atomic mass is 28.4. The van der Waals surface area contributed by atoms with Crippen LogP contribution in [0.4, 0.5) is 0 Å². The van der Waals surface area contributed by atoms with Crippen LogP contribution in [-0.4, -0.2) is 28.6 Å². The lowest BCUT2D eigenvalue weighted by molar-refractivity contribution is 0.110. The van der Waals surface area contributed by atoms with E-state index in [1.54, 1.807) is 7.11 Å². The van der Waals surface area contributed by atoms with E-state index >= 15 is 0 Å². The minimum atomic E-state index is -2.07. The van der Waals surface area contributed by atoms with E-state index in [0.29, 0.717) is 5.92 Å². The summed E-state index contributed by atoms with van der Waals surface area (Å²) in [5, 5.41) is 3.02. The van der Waals surface area contributed by atoms with Crippen molar-refractivity contribution in [2.24, 2.45) is 11.7 Å². The van der Waals surface area contributed by atoms with Crippen LogP contribution >= 0.6 is 0 Å². The Labute approximate surface area is 88.4 Å². The maximum absolute atomic E-state index is 5.74. The number of hydrogen-bond acceptors (Lipinski definition) is 4. The highest BCUT2D eigenvalue weighted by Gasteiger charge is 2.33. The van der Waals surface area contributed by atoms with E-state index in [2.05, 4.69) is 19.2 Å². The molecule has 86 valence electrons. The first-order valence-corrected chi connectivity index (χ1v) is 7.67. The molecular weight excluding hydrogens is 196 g/mol. The fourth-order valence-electron chi connectivity index (χ4n) is 1.43. The molecule has 0 heterocycles. The highest BCUT2D eigenvalue weighted by molar-refractivity contribution is 6.66. The van der Waals surface area contributed by atoms with Gasteiger partial charge in [-0.2, -0.15) is 0 Å². The lowest BCUT2D eigenvalue weighted by Gasteiger charge is -2.30. The first-order valence-electron chi connectivity index (χ1n) is 5.15. The van der Waals surface area contributed by atoms with Crippen molar-refractivity contribution in [3.8, 4) is 0 Å². The Balaban J connectivity index is 4.09. The summed E-state index contributed by atoms with van der Waals surface area (Å²) in [6.45, 7) is 9.16. The smallest absolute Gasteiger partial charge is 0.337 e. The Morgan fingerprint density at radius 3 is 2.36 bits per heavy atom. The molecule has 0 bridgehead atoms. The van der Waals surface area contributed by atoms with Crippen LogP contribution in [0, 0.1) is 5.92 Å². The molecule has 0 aliphatic carbocycles. The van der Waals surface area contributed by atoms with Crippen molar-refractivity contribution in [1.29, 1.82) is 0 Å². The van der Waals surface area contributed by atoms with Crippen LogP contribution in [-0.2, 0) is 8.85 Å². The van der Waals surface area contributed by atoms with E-state index < -0.39 is 14.9 Å². The third kappa shape index (κ3) is 5.72. The van der Waals surface area contributed by atoms with Crippen LogP contribution in [0.25, 0.3) is 0 Å². The predicted molar refractivity (Wildman–Crippen MR) is 61.0 cm³/mol. The van der Waals surface area contributed by atoms with Crippen LogP contribution in [0.2, 0.25) is 12.6 Å². The van der Waals surface area contributed by atoms with Gasteiger partial charge in [-0.15, -0.1) is 0 Å². The Kier molecular flexibility index (Phi) is 6.55. The number of nitrogens with one attached hydrogen (secondary N) is 1. The van der Waals surface area contributed by atoms with Gasteiger partial charge in [-0.25, -0.2) is 0 Å². The van der Waals surface area contributed by atoms with Gasteiger partial charge >= 0.3 is 8.56 Å². The average molecular weight is 220 g/mol. The molecule has 2 atom stereocenters. The van der Waals surface area contributed by atoms with Gasteiger partial charge in [0.05, 0.1) is 0 Å². The topological polar surface area (TPSA) is 56.5 Å². The Morgan fingerprint density at radius 2 is 2.00 bits per heavy atom. The zero-order chi connectivity index (χ0) is 11.2. The summed E-state index contributed by atoms with van der Waals surface area (Å²) in [7, 11) is -0.373. The van der Waals surface area contributed by atoms with Crippen LogP contribution in [0.15, 0.2) is 0 Å². The molecule has 0 aromatic carbocycles. The third-order valence-corrected chi connectivity index (χ3v) is 5.17. The van der Waals surface area contributed by atoms with Crippen LogP contribution < -0.4 is 11.1 Å². The summed E-state index contributed by atoms with van der Waals surface area (Å²) in [4.78, 5) is 0. The molecule has 0 rings (SSSR count). The van der Waals surface area contributed by atoms with E-state index in [1.807, 2.05) is 13.5 Å². The van der Waals surface area contributed by atoms with Crippen molar-refractivity contribution >= 4 is 8.56 Å². The molecule has 0 saturated carbocycles. The average Bonchev–Trinajstić information content (AvgIpc) is 2.02. The normalized spacial score (nSPS) is 18.2. The quantitative estimate of drug-likeness (QED) is 0.500. The molecular formula is C9H24N2O2Si. The van der Waals surface area contributed by atoms with E-state index in [-0.39, 0.29) is 0 Å². The Morgan fingerprint density at radius 1 is 1.43 bits per heavy atom. The molecule has 0 radical (unpaired) electrons. The fourth-order valence-corrected chi connectivity index (χ4v) is 3.90. The zero-order valence-corrected chi connectivity index (χ0v) is 11.0. The van der Waals surface area contributed by atoms with Crippen molar-refractivity contribution in [2.45, 2.75) is 39.7 Å². The van der Waals surface area contributed by atoms with Crippen molar-refractivity contribution in [3.05, 3.63) is 0 Å². The van der Waals surface area contributed by atoms with E-state index in [1.165, 1.54) is 0 Å². The summed E-state index contributed by atoms with van der Waals surface area (Å²) in [5.41, 5.74) is 5.74. The molecule has 0 aromatic heterocycles. The second-order valence-electron chi connectivity index (χ2n) is 4.03. The molecule has 0 aliphatic rings. The molecule has 2 unspecified atom stereocenters. The summed E-state index contributed by atoms with van der Waals surface area (Å²) in [6.07, 6.45) is -0.407. The minimum absolute atomic E-state index is 0.407. The summed E-state index contributed by atoms with van der Waals surface area (Å²) in [6, 6.07) is 0.961. The number of hydrogen-bond donors (Lipinski definition) is 2. The van der Waals surface area contributed by atoms with Crippen molar-refractivity contribution in [1.82, 2.24) is 5.32 Å². The van der Waals surface area contributed by atoms with Gasteiger partial charge in [-0.3, -0.25) is 11.1 Å². The molecule has 0 aliphatic heterocycles. The van der Waals surface area contributed by atoms with E-state index in [4.69, 9.17) is 14.6 Å². The molecule has 0 fully saturated rings. The van der Waals surface area contributed by atoms with Gasteiger partial charge in [0.15, 0.2) is 6.35 Å². The van der Waals surface area contributed by atoms with Gasteiger partial charge in [0.1, 0.15) is 0 Å². The van der Waals surface area contributed by atoms with Gasteiger partial charge in [0.25, 0.3) is 0 Å². The molecule has 0 spiro atoms. The van der Waals surface area contributed by atoms with Gasteiger partial charge in [0, 0.05) is 7.11 Å². The van der Waals surface area contributed by atoms with E-state index in [0.717, 1.165) is 12.6 Å². The lowest BCUT2D eigenvalue weighted by atomic mass is 10.3. The van der Waals surface area contributed by atoms with E-state index in [9.17, 15) is 0 Å². The standard InChI is InChI=1S/C9H24N2O2Si/c1-6-11-9(10)13-14(5,12-4)7-8(2)3/h8-9,11H,6-7,10H2,1-5H3. The van der Waals surface area contributed by atoms with Gasteiger partial charge in [-0.05, 0) is 25.1 Å². The molecule has 0 aromatic rings. The maximum Gasteiger partial charge on any atom is 0.337 e. The van der Waals surface area contributed by atoms with Crippen LogP contribution in [0.1, 0.15) is 20.8 Å². The Bertz CT molecular complexity index is 158. The highest BCUT2D eigenvalue weighted by Crippen LogP contribution is 2.18. The molecule has 14 heavy (non-hydrogen) atoms. The molecule has 0 amide bonds. The first-order chi connectivity index (χ1) is 6.43. The summed E-state index contributed by atoms with van der Waals surface area (Å²) >= 11 is 0. The second-order valence-corrected chi connectivity index (χ2v) is 7.35. The second kappa shape index (κ2) is 6.52. The minimum Gasteiger partial charge on any atom is -0.398 e. The van der Waals surface area contributed by atoms with Crippen molar-refractivity contribution < 1.29 is 8.85 Å². The summed E-state index contributed by atoms with van der Waals surface area (Å²) in [5.74, 6) is 0.570. The molecule has 3 N–H and O–H groups in total. The molecule has 0 saturated heterocycles. The largest absolute Gasteiger partial charge is 0.398 e. The molecule has 5 heteroatoms. The van der Waals surface area contributed by atoms with Crippen molar-refractivity contribution in [3.63, 3.8) is 0 Å². The maximum atomic E-state index is 5.74. The number of nitrogens with two attached hydrogens (primary N) is 1. The molecule has 4 nitrogen and oxygen atoms in total. The van der Waals surface area contributed by atoms with Crippen LogP contribution in [0.5, 0.6) is 0 Å². The monoisotopic (exact) mass is 220 g/mol. The lowest BCUT2D eigenvalue weighted by Crippen LogP contribution is -2.51. The number of rotatable bonds is 7. The van der Waals surface area contributed by atoms with Crippen LogP contribution in [0.3, 0.4) is 0 Å². The van der Waals surface area contributed by atoms with Crippen molar-refractivity contribution in [2.75, 3.05) is 13.7 Å². The zero-order valence-electron chi connectivity index (χ0n) is 9.96. The van der Waals surface area contributed by atoms with Gasteiger partial charge in [-0.1, -0.05) is 20.8 Å². The Hall–Kier alpha value is 0.0569.